The van der Waals surface area contributed by atoms with Crippen molar-refractivity contribution >= 4 is 16.9 Å². The zero-order chi connectivity index (χ0) is 15.0. The Bertz CT molecular complexity index is 908. The zero-order valence-corrected chi connectivity index (χ0v) is 10.7. The Morgan fingerprint density at radius 3 is 2.52 bits per heavy atom. The highest BCUT2D eigenvalue weighted by molar-refractivity contribution is 5.97. The molecule has 0 saturated carbocycles. The molecule has 0 unspecified atom stereocenters. The van der Waals surface area contributed by atoms with Crippen molar-refractivity contribution in [2.24, 2.45) is 0 Å². The molecule has 0 bridgehead atoms. The van der Waals surface area contributed by atoms with Gasteiger partial charge in [0.25, 0.3) is 0 Å². The Hall–Kier alpha value is -3.08. The highest BCUT2D eigenvalue weighted by atomic mass is 16.4. The molecule has 0 fully saturated rings. The molecule has 3 aromatic rings. The molecule has 21 heavy (non-hydrogen) atoms. The number of carbonyl (C=O) groups is 1. The molecule has 0 amide bonds. The summed E-state index contributed by atoms with van der Waals surface area (Å²) in [5.74, 6) is -1.26. The minimum Gasteiger partial charge on any atom is -0.504 e. The predicted octanol–water partition coefficient (Wildman–Crippen LogP) is 2.86. The van der Waals surface area contributed by atoms with Crippen molar-refractivity contribution in [1.29, 1.82) is 0 Å². The minimum atomic E-state index is -1.12. The molecule has 0 aliphatic heterocycles. The fourth-order valence-electron chi connectivity index (χ4n) is 2.22. The Kier molecular flexibility index (Phi) is 2.95. The maximum atomic E-state index is 12.1. The SMILES string of the molecule is O=C(O)c1ccccc1-c1cc2cccc(O)c2oc1=O. The van der Waals surface area contributed by atoms with Crippen LogP contribution in [0.25, 0.3) is 22.1 Å². The van der Waals surface area contributed by atoms with Gasteiger partial charge in [-0.05, 0) is 18.2 Å². The lowest BCUT2D eigenvalue weighted by atomic mass is 10.0. The maximum absolute atomic E-state index is 12.1. The summed E-state index contributed by atoms with van der Waals surface area (Å²) in [4.78, 5) is 23.3. The Morgan fingerprint density at radius 2 is 1.76 bits per heavy atom. The number of fused-ring (bicyclic) bond motifs is 1. The summed E-state index contributed by atoms with van der Waals surface area (Å²) in [6.07, 6.45) is 0. The van der Waals surface area contributed by atoms with Crippen LogP contribution in [0.15, 0.2) is 57.7 Å². The van der Waals surface area contributed by atoms with Crippen molar-refractivity contribution in [3.63, 3.8) is 0 Å². The van der Waals surface area contributed by atoms with Crippen molar-refractivity contribution < 1.29 is 19.4 Å². The van der Waals surface area contributed by atoms with E-state index in [0.717, 1.165) is 0 Å². The lowest BCUT2D eigenvalue weighted by molar-refractivity contribution is 0.0697. The Morgan fingerprint density at radius 1 is 1.00 bits per heavy atom. The van der Waals surface area contributed by atoms with Crippen molar-refractivity contribution in [2.45, 2.75) is 0 Å². The summed E-state index contributed by atoms with van der Waals surface area (Å²) < 4.78 is 5.11. The second kappa shape index (κ2) is 4.79. The third-order valence-corrected chi connectivity index (χ3v) is 3.19. The van der Waals surface area contributed by atoms with E-state index in [-0.39, 0.29) is 28.0 Å². The third-order valence-electron chi connectivity index (χ3n) is 3.19. The molecule has 2 aromatic carbocycles. The van der Waals surface area contributed by atoms with Gasteiger partial charge in [-0.25, -0.2) is 9.59 Å². The first-order valence-electron chi connectivity index (χ1n) is 6.16. The lowest BCUT2D eigenvalue weighted by Crippen LogP contribution is -2.07. The van der Waals surface area contributed by atoms with Crippen LogP contribution in [-0.4, -0.2) is 16.2 Å². The van der Waals surface area contributed by atoms with Crippen LogP contribution in [0.4, 0.5) is 0 Å². The average Bonchev–Trinajstić information content (AvgIpc) is 2.48. The summed E-state index contributed by atoms with van der Waals surface area (Å²) in [7, 11) is 0. The summed E-state index contributed by atoms with van der Waals surface area (Å²) in [6, 6.07) is 12.4. The number of hydrogen-bond acceptors (Lipinski definition) is 4. The average molecular weight is 282 g/mol. The molecule has 0 radical (unpaired) electrons. The van der Waals surface area contributed by atoms with Crippen LogP contribution in [0, 0.1) is 0 Å². The van der Waals surface area contributed by atoms with E-state index >= 15 is 0 Å². The van der Waals surface area contributed by atoms with E-state index in [9.17, 15) is 19.8 Å². The van der Waals surface area contributed by atoms with Gasteiger partial charge < -0.3 is 14.6 Å². The van der Waals surface area contributed by atoms with Gasteiger partial charge in [-0.1, -0.05) is 30.3 Å². The number of hydrogen-bond donors (Lipinski definition) is 2. The summed E-state index contributed by atoms with van der Waals surface area (Å²) >= 11 is 0. The topological polar surface area (TPSA) is 87.7 Å². The predicted molar refractivity (Wildman–Crippen MR) is 76.5 cm³/mol. The smallest absolute Gasteiger partial charge is 0.344 e. The summed E-state index contributed by atoms with van der Waals surface area (Å²) in [5, 5.41) is 19.4. The van der Waals surface area contributed by atoms with Crippen LogP contribution >= 0.6 is 0 Å². The molecule has 1 aromatic heterocycles. The number of phenolic OH excluding ortho intramolecular Hbond substituents is 1. The second-order valence-corrected chi connectivity index (χ2v) is 4.49. The fourth-order valence-corrected chi connectivity index (χ4v) is 2.22. The van der Waals surface area contributed by atoms with Crippen LogP contribution < -0.4 is 5.63 Å². The van der Waals surface area contributed by atoms with E-state index in [1.807, 2.05) is 0 Å². The molecule has 0 aliphatic carbocycles. The number of rotatable bonds is 2. The first kappa shape index (κ1) is 12.9. The number of carboxylic acid groups (broad SMARTS) is 1. The van der Waals surface area contributed by atoms with Gasteiger partial charge in [0, 0.05) is 10.9 Å². The molecule has 3 rings (SSSR count). The summed E-state index contributed by atoms with van der Waals surface area (Å²) in [6.45, 7) is 0. The number of benzene rings is 2. The van der Waals surface area contributed by atoms with Crippen molar-refractivity contribution in [3.8, 4) is 16.9 Å². The van der Waals surface area contributed by atoms with E-state index in [2.05, 4.69) is 0 Å². The highest BCUT2D eigenvalue weighted by Crippen LogP contribution is 2.28. The Balaban J connectivity index is 2.34. The highest BCUT2D eigenvalue weighted by Gasteiger charge is 2.16. The number of para-hydroxylation sites is 1. The second-order valence-electron chi connectivity index (χ2n) is 4.49. The third kappa shape index (κ3) is 2.14. The van der Waals surface area contributed by atoms with E-state index < -0.39 is 11.6 Å². The van der Waals surface area contributed by atoms with Gasteiger partial charge in [0.1, 0.15) is 0 Å². The standard InChI is InChI=1S/C16H10O5/c17-13-7-3-4-9-8-12(16(20)21-14(9)13)10-5-1-2-6-11(10)15(18)19/h1-8,17H,(H,18,19). The quantitative estimate of drug-likeness (QED) is 0.706. The van der Waals surface area contributed by atoms with E-state index in [4.69, 9.17) is 4.42 Å². The lowest BCUT2D eigenvalue weighted by Gasteiger charge is -2.06. The molecule has 5 heteroatoms. The molecule has 104 valence electrons. The fraction of sp³-hybridized carbons (Fsp3) is 0. The molecule has 0 atom stereocenters. The largest absolute Gasteiger partial charge is 0.504 e. The summed E-state index contributed by atoms with van der Waals surface area (Å²) in [5.41, 5.74) is -0.170. The van der Waals surface area contributed by atoms with Crippen LogP contribution in [0.3, 0.4) is 0 Å². The normalized spacial score (nSPS) is 10.7. The number of carboxylic acids is 1. The molecule has 5 nitrogen and oxygen atoms in total. The van der Waals surface area contributed by atoms with Crippen molar-refractivity contribution in [2.75, 3.05) is 0 Å². The molecule has 0 spiro atoms. The zero-order valence-electron chi connectivity index (χ0n) is 10.7. The number of aromatic hydroxyl groups is 1. The molecule has 0 aliphatic rings. The van der Waals surface area contributed by atoms with Gasteiger partial charge >= 0.3 is 11.6 Å². The van der Waals surface area contributed by atoms with Crippen molar-refractivity contribution in [3.05, 3.63) is 64.5 Å². The minimum absolute atomic E-state index is 0.0179. The molecule has 2 N–H and O–H groups in total. The molecule has 1 heterocycles. The molecular formula is C16H10O5. The number of aromatic carboxylic acids is 1. The first-order valence-corrected chi connectivity index (χ1v) is 6.16. The van der Waals surface area contributed by atoms with Crippen LogP contribution in [0.5, 0.6) is 5.75 Å². The van der Waals surface area contributed by atoms with Gasteiger partial charge in [0.05, 0.1) is 11.1 Å². The van der Waals surface area contributed by atoms with E-state index in [0.29, 0.717) is 5.39 Å². The maximum Gasteiger partial charge on any atom is 0.344 e. The van der Waals surface area contributed by atoms with Gasteiger partial charge in [0.15, 0.2) is 11.3 Å². The van der Waals surface area contributed by atoms with E-state index in [1.165, 1.54) is 18.2 Å². The number of phenols is 1. The van der Waals surface area contributed by atoms with Gasteiger partial charge in [-0.15, -0.1) is 0 Å². The Labute approximate surface area is 118 Å². The van der Waals surface area contributed by atoms with Gasteiger partial charge in [-0.2, -0.15) is 0 Å². The van der Waals surface area contributed by atoms with Crippen LogP contribution in [0.2, 0.25) is 0 Å². The van der Waals surface area contributed by atoms with Crippen LogP contribution in [-0.2, 0) is 0 Å². The molecular weight excluding hydrogens is 272 g/mol. The van der Waals surface area contributed by atoms with Gasteiger partial charge in [-0.3, -0.25) is 0 Å². The van der Waals surface area contributed by atoms with Crippen LogP contribution in [0.1, 0.15) is 10.4 Å². The first-order chi connectivity index (χ1) is 10.1. The molecule has 0 saturated heterocycles. The van der Waals surface area contributed by atoms with Crippen molar-refractivity contribution in [1.82, 2.24) is 0 Å². The van der Waals surface area contributed by atoms with Gasteiger partial charge in [0.2, 0.25) is 0 Å². The monoisotopic (exact) mass is 282 g/mol. The van der Waals surface area contributed by atoms with E-state index in [1.54, 1.807) is 30.3 Å².